The quantitative estimate of drug-likeness (QED) is 0.822. The summed E-state index contributed by atoms with van der Waals surface area (Å²) in [6.07, 6.45) is 5.11. The zero-order valence-corrected chi connectivity index (χ0v) is 14.5. The second-order valence-electron chi connectivity index (χ2n) is 6.44. The van der Waals surface area contributed by atoms with Gasteiger partial charge >= 0.3 is 0 Å². The number of hydrogen-bond donors (Lipinski definition) is 1. The fraction of sp³-hybridized carbons (Fsp3) is 0.400. The van der Waals surface area contributed by atoms with Crippen LogP contribution in [0.5, 0.6) is 5.75 Å². The fourth-order valence-electron chi connectivity index (χ4n) is 3.16. The molecule has 0 spiro atoms. The van der Waals surface area contributed by atoms with Crippen LogP contribution >= 0.6 is 0 Å². The van der Waals surface area contributed by atoms with E-state index in [1.807, 2.05) is 17.0 Å². The average molecular weight is 339 g/mol. The zero-order valence-electron chi connectivity index (χ0n) is 14.5. The van der Waals surface area contributed by atoms with Crippen LogP contribution < -0.4 is 4.90 Å². The summed E-state index contributed by atoms with van der Waals surface area (Å²) < 4.78 is 0. The van der Waals surface area contributed by atoms with Crippen LogP contribution in [-0.2, 0) is 11.2 Å². The van der Waals surface area contributed by atoms with Gasteiger partial charge in [0.25, 0.3) is 0 Å². The number of rotatable bonds is 6. The van der Waals surface area contributed by atoms with Crippen LogP contribution in [0.25, 0.3) is 0 Å². The van der Waals surface area contributed by atoms with Gasteiger partial charge in [0.05, 0.1) is 6.20 Å². The van der Waals surface area contributed by atoms with E-state index in [4.69, 9.17) is 0 Å². The van der Waals surface area contributed by atoms with Gasteiger partial charge in [-0.15, -0.1) is 0 Å². The maximum Gasteiger partial charge on any atom is 0.222 e. The molecule has 132 valence electrons. The van der Waals surface area contributed by atoms with Gasteiger partial charge in [0, 0.05) is 32.6 Å². The maximum atomic E-state index is 12.4. The topological polar surface area (TPSA) is 56.7 Å². The number of hydrogen-bond acceptors (Lipinski definition) is 4. The molecule has 1 aromatic carbocycles. The minimum absolute atomic E-state index is 0.174. The molecule has 2 heterocycles. The Morgan fingerprint density at radius 1 is 1.00 bits per heavy atom. The SMILES string of the molecule is O=C(CCCCc1ccccc1)N1CCN(c2ccc(O)cn2)CC1. The van der Waals surface area contributed by atoms with Gasteiger partial charge < -0.3 is 14.9 Å². The van der Waals surface area contributed by atoms with E-state index in [9.17, 15) is 9.90 Å². The Hall–Kier alpha value is -2.56. The number of benzene rings is 1. The van der Waals surface area contributed by atoms with Gasteiger partial charge in [-0.3, -0.25) is 4.79 Å². The number of aromatic nitrogens is 1. The lowest BCUT2D eigenvalue weighted by molar-refractivity contribution is -0.131. The zero-order chi connectivity index (χ0) is 17.5. The summed E-state index contributed by atoms with van der Waals surface area (Å²) in [6, 6.07) is 13.9. The Labute approximate surface area is 148 Å². The number of amides is 1. The molecule has 1 N–H and O–H groups in total. The third-order valence-corrected chi connectivity index (χ3v) is 4.64. The van der Waals surface area contributed by atoms with Crippen molar-refractivity contribution in [3.63, 3.8) is 0 Å². The van der Waals surface area contributed by atoms with Crippen molar-refractivity contribution in [1.82, 2.24) is 9.88 Å². The second kappa shape index (κ2) is 8.51. The molecule has 0 unspecified atom stereocenters. The van der Waals surface area contributed by atoms with Gasteiger partial charge in [0.1, 0.15) is 11.6 Å². The number of carbonyl (C=O) groups is 1. The summed E-state index contributed by atoms with van der Waals surface area (Å²) in [4.78, 5) is 20.7. The van der Waals surface area contributed by atoms with E-state index >= 15 is 0 Å². The highest BCUT2D eigenvalue weighted by atomic mass is 16.3. The molecule has 1 aliphatic heterocycles. The summed E-state index contributed by atoms with van der Waals surface area (Å²) in [5, 5.41) is 9.31. The number of anilines is 1. The number of carbonyl (C=O) groups excluding carboxylic acids is 1. The molecule has 5 heteroatoms. The van der Waals surface area contributed by atoms with Crippen molar-refractivity contribution in [1.29, 1.82) is 0 Å². The summed E-state index contributed by atoms with van der Waals surface area (Å²) in [5.74, 6) is 1.28. The maximum absolute atomic E-state index is 12.4. The Bertz CT molecular complexity index is 665. The van der Waals surface area contributed by atoms with E-state index < -0.39 is 0 Å². The van der Waals surface area contributed by atoms with Crippen LogP contribution in [0.4, 0.5) is 5.82 Å². The molecular formula is C20H25N3O2. The minimum Gasteiger partial charge on any atom is -0.506 e. The molecule has 0 aliphatic carbocycles. The highest BCUT2D eigenvalue weighted by Gasteiger charge is 2.21. The number of unbranched alkanes of at least 4 members (excludes halogenated alkanes) is 1. The summed E-state index contributed by atoms with van der Waals surface area (Å²) in [7, 11) is 0. The third-order valence-electron chi connectivity index (χ3n) is 4.64. The molecule has 3 rings (SSSR count). The first kappa shape index (κ1) is 17.3. The molecule has 1 saturated heterocycles. The van der Waals surface area contributed by atoms with Crippen LogP contribution in [0.1, 0.15) is 24.8 Å². The molecule has 1 aliphatic rings. The second-order valence-corrected chi connectivity index (χ2v) is 6.44. The van der Waals surface area contributed by atoms with E-state index in [0.29, 0.717) is 6.42 Å². The summed E-state index contributed by atoms with van der Waals surface area (Å²) in [5.41, 5.74) is 1.34. The summed E-state index contributed by atoms with van der Waals surface area (Å²) in [6.45, 7) is 3.04. The Balaban J connectivity index is 1.37. The van der Waals surface area contributed by atoms with Crippen LogP contribution in [-0.4, -0.2) is 47.1 Å². The van der Waals surface area contributed by atoms with Gasteiger partial charge in [0.15, 0.2) is 0 Å². The normalized spacial score (nSPS) is 14.6. The van der Waals surface area contributed by atoms with Crippen molar-refractivity contribution in [3.05, 3.63) is 54.2 Å². The highest BCUT2D eigenvalue weighted by molar-refractivity contribution is 5.76. The number of aryl methyl sites for hydroxylation is 1. The average Bonchev–Trinajstić information content (AvgIpc) is 2.67. The van der Waals surface area contributed by atoms with E-state index in [-0.39, 0.29) is 11.7 Å². The summed E-state index contributed by atoms with van der Waals surface area (Å²) >= 11 is 0. The van der Waals surface area contributed by atoms with E-state index in [1.54, 1.807) is 6.07 Å². The molecule has 0 radical (unpaired) electrons. The predicted molar refractivity (Wildman–Crippen MR) is 98.7 cm³/mol. The Kier molecular flexibility index (Phi) is 5.88. The van der Waals surface area contributed by atoms with Gasteiger partial charge in [-0.05, 0) is 37.0 Å². The Morgan fingerprint density at radius 2 is 1.76 bits per heavy atom. The standard InChI is InChI=1S/C20H25N3O2/c24-18-10-11-19(21-16-18)22-12-14-23(15-13-22)20(25)9-5-4-8-17-6-2-1-3-7-17/h1-3,6-7,10-11,16,24H,4-5,8-9,12-15H2. The van der Waals surface area contributed by atoms with Crippen LogP contribution in [0, 0.1) is 0 Å². The molecule has 0 saturated carbocycles. The van der Waals surface area contributed by atoms with E-state index in [2.05, 4.69) is 34.1 Å². The van der Waals surface area contributed by atoms with Gasteiger partial charge in [-0.2, -0.15) is 0 Å². The monoisotopic (exact) mass is 339 g/mol. The molecule has 0 bridgehead atoms. The number of aromatic hydroxyl groups is 1. The lowest BCUT2D eigenvalue weighted by Crippen LogP contribution is -2.49. The lowest BCUT2D eigenvalue weighted by Gasteiger charge is -2.35. The molecule has 0 atom stereocenters. The minimum atomic E-state index is 0.174. The van der Waals surface area contributed by atoms with Gasteiger partial charge in [-0.1, -0.05) is 30.3 Å². The first-order valence-electron chi connectivity index (χ1n) is 8.94. The van der Waals surface area contributed by atoms with Crippen LogP contribution in [0.3, 0.4) is 0 Å². The van der Waals surface area contributed by atoms with E-state index in [1.165, 1.54) is 11.8 Å². The van der Waals surface area contributed by atoms with Crippen molar-refractivity contribution in [2.75, 3.05) is 31.1 Å². The molecule has 1 fully saturated rings. The molecule has 1 aromatic heterocycles. The lowest BCUT2D eigenvalue weighted by atomic mass is 10.1. The van der Waals surface area contributed by atoms with Crippen molar-refractivity contribution in [2.45, 2.75) is 25.7 Å². The highest BCUT2D eigenvalue weighted by Crippen LogP contribution is 2.17. The van der Waals surface area contributed by atoms with Crippen LogP contribution in [0.2, 0.25) is 0 Å². The molecule has 2 aromatic rings. The predicted octanol–water partition coefficient (Wildman–Crippen LogP) is 2.85. The van der Waals surface area contributed by atoms with E-state index in [0.717, 1.165) is 51.3 Å². The van der Waals surface area contributed by atoms with Crippen molar-refractivity contribution in [3.8, 4) is 5.75 Å². The third kappa shape index (κ3) is 4.95. The van der Waals surface area contributed by atoms with Gasteiger partial charge in [0.2, 0.25) is 5.91 Å². The smallest absolute Gasteiger partial charge is 0.222 e. The van der Waals surface area contributed by atoms with Crippen molar-refractivity contribution in [2.24, 2.45) is 0 Å². The van der Waals surface area contributed by atoms with Crippen molar-refractivity contribution >= 4 is 11.7 Å². The Morgan fingerprint density at radius 3 is 2.44 bits per heavy atom. The first-order valence-corrected chi connectivity index (χ1v) is 8.94. The van der Waals surface area contributed by atoms with Crippen LogP contribution in [0.15, 0.2) is 48.7 Å². The molecule has 5 nitrogen and oxygen atoms in total. The molecular weight excluding hydrogens is 314 g/mol. The number of piperazine rings is 1. The number of pyridine rings is 1. The molecule has 1 amide bonds. The number of nitrogens with zero attached hydrogens (tertiary/aromatic N) is 3. The first-order chi connectivity index (χ1) is 12.2. The molecule has 25 heavy (non-hydrogen) atoms. The largest absolute Gasteiger partial charge is 0.506 e. The fourth-order valence-corrected chi connectivity index (χ4v) is 3.16. The van der Waals surface area contributed by atoms with Crippen molar-refractivity contribution < 1.29 is 9.90 Å². The van der Waals surface area contributed by atoms with Gasteiger partial charge in [-0.25, -0.2) is 4.98 Å².